The highest BCUT2D eigenvalue weighted by Gasteiger charge is 2.21. The highest BCUT2D eigenvalue weighted by molar-refractivity contribution is 7.89. The van der Waals surface area contributed by atoms with E-state index in [-0.39, 0.29) is 17.5 Å². The molecule has 2 aromatic heterocycles. The van der Waals surface area contributed by atoms with Crippen molar-refractivity contribution in [1.82, 2.24) is 14.5 Å². The molecule has 0 fully saturated rings. The number of sulfonamides is 1. The summed E-state index contributed by atoms with van der Waals surface area (Å²) >= 11 is 0. The molecule has 7 heteroatoms. The summed E-state index contributed by atoms with van der Waals surface area (Å²) in [6.45, 7) is 3.98. The molecule has 1 N–H and O–H groups in total. The SMILES string of the molecule is Cc1ccc(S(=O)(=O)NCC(c2ccco2)n2cccn2)cc1C. The summed E-state index contributed by atoms with van der Waals surface area (Å²) in [6.07, 6.45) is 4.98. The maximum atomic E-state index is 12.6. The Bertz CT molecular complexity index is 866. The first kappa shape index (κ1) is 16.5. The fourth-order valence-corrected chi connectivity index (χ4v) is 3.55. The molecule has 1 unspecified atom stereocenters. The van der Waals surface area contributed by atoms with Gasteiger partial charge in [0.25, 0.3) is 0 Å². The molecule has 0 aliphatic rings. The van der Waals surface area contributed by atoms with Gasteiger partial charge in [-0.15, -0.1) is 0 Å². The third kappa shape index (κ3) is 3.42. The maximum Gasteiger partial charge on any atom is 0.240 e. The van der Waals surface area contributed by atoms with Crippen LogP contribution in [0.25, 0.3) is 0 Å². The van der Waals surface area contributed by atoms with Gasteiger partial charge in [0.15, 0.2) is 0 Å². The highest BCUT2D eigenvalue weighted by Crippen LogP contribution is 2.19. The van der Waals surface area contributed by atoms with Crippen LogP contribution >= 0.6 is 0 Å². The number of benzene rings is 1. The van der Waals surface area contributed by atoms with E-state index >= 15 is 0 Å². The van der Waals surface area contributed by atoms with Gasteiger partial charge in [0.05, 0.1) is 11.2 Å². The Morgan fingerprint density at radius 1 is 1.21 bits per heavy atom. The molecule has 1 aromatic carbocycles. The largest absolute Gasteiger partial charge is 0.467 e. The Kier molecular flexibility index (Phi) is 4.55. The van der Waals surface area contributed by atoms with Crippen LogP contribution in [0.15, 0.2) is 64.4 Å². The van der Waals surface area contributed by atoms with Crippen molar-refractivity contribution in [3.63, 3.8) is 0 Å². The van der Waals surface area contributed by atoms with Gasteiger partial charge in [-0.25, -0.2) is 13.1 Å². The number of aryl methyl sites for hydroxylation is 2. The smallest absolute Gasteiger partial charge is 0.240 e. The Morgan fingerprint density at radius 3 is 2.67 bits per heavy atom. The standard InChI is InChI=1S/C17H19N3O3S/c1-13-6-7-15(11-14(13)2)24(21,22)19-12-16(17-5-3-10-23-17)20-9-4-8-18-20/h3-11,16,19H,12H2,1-2H3. The summed E-state index contributed by atoms with van der Waals surface area (Å²) in [5.74, 6) is 0.640. The first-order valence-electron chi connectivity index (χ1n) is 7.57. The Labute approximate surface area is 141 Å². The second kappa shape index (κ2) is 6.62. The zero-order chi connectivity index (χ0) is 17.2. The molecule has 0 aliphatic heterocycles. The van der Waals surface area contributed by atoms with Crippen molar-refractivity contribution in [2.24, 2.45) is 0 Å². The maximum absolute atomic E-state index is 12.6. The Balaban J connectivity index is 1.82. The lowest BCUT2D eigenvalue weighted by Crippen LogP contribution is -2.31. The van der Waals surface area contributed by atoms with E-state index in [9.17, 15) is 8.42 Å². The van der Waals surface area contributed by atoms with Crippen molar-refractivity contribution >= 4 is 10.0 Å². The minimum Gasteiger partial charge on any atom is -0.467 e. The average Bonchev–Trinajstić information content (AvgIpc) is 3.24. The zero-order valence-electron chi connectivity index (χ0n) is 13.5. The molecule has 0 saturated heterocycles. The minimum absolute atomic E-state index is 0.143. The third-order valence-corrected chi connectivity index (χ3v) is 5.39. The number of hydrogen-bond donors (Lipinski definition) is 1. The van der Waals surface area contributed by atoms with E-state index in [1.165, 1.54) is 0 Å². The van der Waals surface area contributed by atoms with Gasteiger partial charge in [-0.3, -0.25) is 4.68 Å². The van der Waals surface area contributed by atoms with E-state index in [4.69, 9.17) is 4.42 Å². The van der Waals surface area contributed by atoms with Crippen LogP contribution in [0.5, 0.6) is 0 Å². The number of furan rings is 1. The van der Waals surface area contributed by atoms with Gasteiger partial charge in [-0.2, -0.15) is 5.10 Å². The van der Waals surface area contributed by atoms with E-state index in [0.717, 1.165) is 11.1 Å². The van der Waals surface area contributed by atoms with Crippen LogP contribution in [-0.4, -0.2) is 24.7 Å². The van der Waals surface area contributed by atoms with E-state index < -0.39 is 10.0 Å². The molecule has 6 nitrogen and oxygen atoms in total. The van der Waals surface area contributed by atoms with Crippen LogP contribution < -0.4 is 4.72 Å². The van der Waals surface area contributed by atoms with Crippen molar-refractivity contribution < 1.29 is 12.8 Å². The summed E-state index contributed by atoms with van der Waals surface area (Å²) in [5, 5.41) is 4.19. The summed E-state index contributed by atoms with van der Waals surface area (Å²) in [5.41, 5.74) is 1.99. The number of aromatic nitrogens is 2. The normalized spacial score (nSPS) is 13.1. The average molecular weight is 345 g/mol. The van der Waals surface area contributed by atoms with Gasteiger partial charge < -0.3 is 4.42 Å². The lowest BCUT2D eigenvalue weighted by Gasteiger charge is -2.16. The topological polar surface area (TPSA) is 77.1 Å². The summed E-state index contributed by atoms with van der Waals surface area (Å²) in [6, 6.07) is 10.1. The molecule has 0 amide bonds. The zero-order valence-corrected chi connectivity index (χ0v) is 14.3. The van der Waals surface area contributed by atoms with Gasteiger partial charge in [0.1, 0.15) is 11.8 Å². The highest BCUT2D eigenvalue weighted by atomic mass is 32.2. The fraction of sp³-hybridized carbons (Fsp3) is 0.235. The van der Waals surface area contributed by atoms with E-state index in [2.05, 4.69) is 9.82 Å². The number of rotatable bonds is 6. The molecule has 0 bridgehead atoms. The summed E-state index contributed by atoms with van der Waals surface area (Å²) in [4.78, 5) is 0.254. The fourth-order valence-electron chi connectivity index (χ4n) is 2.42. The van der Waals surface area contributed by atoms with Crippen LogP contribution in [0.3, 0.4) is 0 Å². The van der Waals surface area contributed by atoms with Crippen molar-refractivity contribution in [2.45, 2.75) is 24.8 Å². The van der Waals surface area contributed by atoms with Gasteiger partial charge in [0.2, 0.25) is 10.0 Å². The monoisotopic (exact) mass is 345 g/mol. The molecule has 0 spiro atoms. The van der Waals surface area contributed by atoms with E-state index in [1.807, 2.05) is 13.8 Å². The minimum atomic E-state index is -3.61. The lowest BCUT2D eigenvalue weighted by atomic mass is 10.1. The van der Waals surface area contributed by atoms with Gasteiger partial charge in [0, 0.05) is 18.9 Å². The molecule has 0 saturated carbocycles. The Hall–Kier alpha value is -2.38. The van der Waals surface area contributed by atoms with Gasteiger partial charge in [-0.1, -0.05) is 6.07 Å². The first-order chi connectivity index (χ1) is 11.5. The predicted molar refractivity (Wildman–Crippen MR) is 90.2 cm³/mol. The molecule has 2 heterocycles. The molecule has 24 heavy (non-hydrogen) atoms. The van der Waals surface area contributed by atoms with Crippen LogP contribution in [0, 0.1) is 13.8 Å². The molecule has 0 aliphatic carbocycles. The van der Waals surface area contributed by atoms with Crippen LogP contribution in [0.1, 0.15) is 22.9 Å². The molecular weight excluding hydrogens is 326 g/mol. The molecule has 3 aromatic rings. The van der Waals surface area contributed by atoms with Crippen LogP contribution in [-0.2, 0) is 10.0 Å². The van der Waals surface area contributed by atoms with Gasteiger partial charge >= 0.3 is 0 Å². The quantitative estimate of drug-likeness (QED) is 0.745. The number of nitrogens with one attached hydrogen (secondary N) is 1. The van der Waals surface area contributed by atoms with Crippen molar-refractivity contribution in [1.29, 1.82) is 0 Å². The van der Waals surface area contributed by atoms with Crippen molar-refractivity contribution in [2.75, 3.05) is 6.54 Å². The second-order valence-electron chi connectivity index (χ2n) is 5.62. The number of hydrogen-bond acceptors (Lipinski definition) is 4. The molecule has 1 atom stereocenters. The van der Waals surface area contributed by atoms with Gasteiger partial charge in [-0.05, 0) is 55.3 Å². The van der Waals surface area contributed by atoms with Crippen molar-refractivity contribution in [3.8, 4) is 0 Å². The van der Waals surface area contributed by atoms with Crippen LogP contribution in [0.4, 0.5) is 0 Å². The summed E-state index contributed by atoms with van der Waals surface area (Å²) in [7, 11) is -3.61. The molecule has 3 rings (SSSR count). The van der Waals surface area contributed by atoms with E-state index in [1.54, 1.807) is 59.7 Å². The molecule has 126 valence electrons. The van der Waals surface area contributed by atoms with Crippen molar-refractivity contribution in [3.05, 3.63) is 71.9 Å². The number of nitrogens with zero attached hydrogens (tertiary/aromatic N) is 2. The third-order valence-electron chi connectivity index (χ3n) is 3.97. The Morgan fingerprint density at radius 2 is 2.04 bits per heavy atom. The first-order valence-corrected chi connectivity index (χ1v) is 9.05. The van der Waals surface area contributed by atoms with Crippen LogP contribution in [0.2, 0.25) is 0 Å². The van der Waals surface area contributed by atoms with E-state index in [0.29, 0.717) is 5.76 Å². The molecular formula is C17H19N3O3S. The molecule has 0 radical (unpaired) electrons. The predicted octanol–water partition coefficient (Wildman–Crippen LogP) is 2.66. The second-order valence-corrected chi connectivity index (χ2v) is 7.38. The lowest BCUT2D eigenvalue weighted by molar-refractivity contribution is 0.402. The summed E-state index contributed by atoms with van der Waals surface area (Å²) < 4.78 is 34.9.